The molecule has 1 atom stereocenters. The lowest BCUT2D eigenvalue weighted by Crippen LogP contribution is -2.53. The molecule has 172 valence electrons. The normalized spacial score (nSPS) is 21.2. The number of para-hydroxylation sites is 1. The van der Waals surface area contributed by atoms with Gasteiger partial charge in [0.15, 0.2) is 0 Å². The van der Waals surface area contributed by atoms with E-state index in [0.717, 1.165) is 31.9 Å². The highest BCUT2D eigenvalue weighted by atomic mass is 19.4. The van der Waals surface area contributed by atoms with E-state index in [0.29, 0.717) is 38.8 Å². The number of carbonyl (C=O) groups is 2. The molecule has 31 heavy (non-hydrogen) atoms. The number of halogens is 3. The maximum atomic E-state index is 13.1. The number of likely N-dealkylation sites (tertiary alicyclic amines) is 1. The Bertz CT molecular complexity index is 763. The van der Waals surface area contributed by atoms with E-state index in [1.165, 1.54) is 24.6 Å². The number of hydrogen-bond donors (Lipinski definition) is 1. The van der Waals surface area contributed by atoms with Gasteiger partial charge in [-0.25, -0.2) is 0 Å². The van der Waals surface area contributed by atoms with Crippen LogP contribution >= 0.6 is 0 Å². The lowest BCUT2D eigenvalue weighted by molar-refractivity contribution is -0.137. The maximum absolute atomic E-state index is 13.1. The molecule has 2 amide bonds. The first kappa shape index (κ1) is 23.5. The van der Waals surface area contributed by atoms with Crippen LogP contribution in [0.25, 0.3) is 0 Å². The number of hydrogen-bond acceptors (Lipinski definition) is 4. The average molecular weight is 441 g/mol. The highest BCUT2D eigenvalue weighted by Gasteiger charge is 2.34. The van der Waals surface area contributed by atoms with Crippen LogP contribution in [0.2, 0.25) is 0 Å². The van der Waals surface area contributed by atoms with Crippen molar-refractivity contribution in [3.63, 3.8) is 0 Å². The third-order valence-corrected chi connectivity index (χ3v) is 6.16. The minimum atomic E-state index is -4.53. The molecule has 2 heterocycles. The summed E-state index contributed by atoms with van der Waals surface area (Å²) in [6, 6.07) is 5.43. The SMILES string of the molecule is CCC1CCCCN1CC(=O)N1CCN(CC(=O)Nc2ccccc2C(F)(F)F)CC1. The van der Waals surface area contributed by atoms with Gasteiger partial charge in [0.2, 0.25) is 11.8 Å². The Labute approximate surface area is 181 Å². The van der Waals surface area contributed by atoms with Crippen molar-refractivity contribution in [3.05, 3.63) is 29.8 Å². The van der Waals surface area contributed by atoms with Crippen LogP contribution in [0.3, 0.4) is 0 Å². The molecule has 3 rings (SSSR count). The molecule has 0 aromatic heterocycles. The van der Waals surface area contributed by atoms with Gasteiger partial charge in [0, 0.05) is 32.2 Å². The third-order valence-electron chi connectivity index (χ3n) is 6.16. The molecule has 2 aliphatic heterocycles. The zero-order valence-electron chi connectivity index (χ0n) is 18.0. The van der Waals surface area contributed by atoms with Crippen LogP contribution in [0.4, 0.5) is 18.9 Å². The van der Waals surface area contributed by atoms with Crippen molar-refractivity contribution in [3.8, 4) is 0 Å². The molecule has 2 saturated heterocycles. The van der Waals surface area contributed by atoms with Crippen LogP contribution in [-0.2, 0) is 15.8 Å². The monoisotopic (exact) mass is 440 g/mol. The van der Waals surface area contributed by atoms with Gasteiger partial charge in [-0.15, -0.1) is 0 Å². The van der Waals surface area contributed by atoms with Crippen molar-refractivity contribution in [2.75, 3.05) is 51.1 Å². The zero-order chi connectivity index (χ0) is 22.4. The predicted molar refractivity (Wildman–Crippen MR) is 113 cm³/mol. The number of benzene rings is 1. The van der Waals surface area contributed by atoms with E-state index < -0.39 is 17.6 Å². The summed E-state index contributed by atoms with van der Waals surface area (Å²) in [5, 5.41) is 2.38. The Morgan fingerprint density at radius 2 is 1.74 bits per heavy atom. The number of anilines is 1. The molecular weight excluding hydrogens is 409 g/mol. The lowest BCUT2D eigenvalue weighted by Gasteiger charge is -2.38. The highest BCUT2D eigenvalue weighted by molar-refractivity contribution is 5.93. The smallest absolute Gasteiger partial charge is 0.339 e. The molecular formula is C22H31F3N4O2. The fourth-order valence-corrected chi connectivity index (χ4v) is 4.39. The van der Waals surface area contributed by atoms with Gasteiger partial charge in [-0.1, -0.05) is 25.5 Å². The van der Waals surface area contributed by atoms with E-state index in [-0.39, 0.29) is 18.1 Å². The zero-order valence-corrected chi connectivity index (χ0v) is 18.0. The van der Waals surface area contributed by atoms with Gasteiger partial charge in [0.05, 0.1) is 24.3 Å². The Morgan fingerprint density at radius 1 is 1.03 bits per heavy atom. The van der Waals surface area contributed by atoms with E-state index in [9.17, 15) is 22.8 Å². The van der Waals surface area contributed by atoms with Crippen LogP contribution in [0.5, 0.6) is 0 Å². The molecule has 0 saturated carbocycles. The van der Waals surface area contributed by atoms with Crippen molar-refractivity contribution in [1.82, 2.24) is 14.7 Å². The summed E-state index contributed by atoms with van der Waals surface area (Å²) in [6.07, 6.45) is 0.0142. The average Bonchev–Trinajstić information content (AvgIpc) is 2.74. The van der Waals surface area contributed by atoms with Crippen molar-refractivity contribution in [1.29, 1.82) is 0 Å². The van der Waals surface area contributed by atoms with Crippen LogP contribution in [0, 0.1) is 0 Å². The fraction of sp³-hybridized carbons (Fsp3) is 0.636. The van der Waals surface area contributed by atoms with Crippen LogP contribution in [-0.4, -0.2) is 78.4 Å². The number of piperidine rings is 1. The van der Waals surface area contributed by atoms with E-state index >= 15 is 0 Å². The molecule has 1 N–H and O–H groups in total. The first-order chi connectivity index (χ1) is 14.8. The summed E-state index contributed by atoms with van der Waals surface area (Å²) in [5.74, 6) is -0.376. The predicted octanol–water partition coefficient (Wildman–Crippen LogP) is 3.05. The molecule has 0 radical (unpaired) electrons. The maximum Gasteiger partial charge on any atom is 0.418 e. The molecule has 0 spiro atoms. The number of carbonyl (C=O) groups excluding carboxylic acids is 2. The molecule has 6 nitrogen and oxygen atoms in total. The van der Waals surface area contributed by atoms with Gasteiger partial charge in [0.1, 0.15) is 0 Å². The number of nitrogens with zero attached hydrogens (tertiary/aromatic N) is 3. The lowest BCUT2D eigenvalue weighted by atomic mass is 10.00. The second kappa shape index (κ2) is 10.5. The number of amides is 2. The first-order valence-electron chi connectivity index (χ1n) is 11.0. The molecule has 9 heteroatoms. The second-order valence-corrected chi connectivity index (χ2v) is 8.28. The molecule has 0 bridgehead atoms. The molecule has 0 aliphatic carbocycles. The largest absolute Gasteiger partial charge is 0.418 e. The van der Waals surface area contributed by atoms with Gasteiger partial charge in [0.25, 0.3) is 0 Å². The molecule has 2 aliphatic rings. The summed E-state index contributed by atoms with van der Waals surface area (Å²) in [4.78, 5) is 31.0. The first-order valence-corrected chi connectivity index (χ1v) is 11.0. The van der Waals surface area contributed by atoms with Crippen LogP contribution in [0.1, 0.15) is 38.2 Å². The topological polar surface area (TPSA) is 55.9 Å². The van der Waals surface area contributed by atoms with Gasteiger partial charge in [-0.05, 0) is 37.9 Å². The minimum Gasteiger partial charge on any atom is -0.339 e. The van der Waals surface area contributed by atoms with E-state index in [1.807, 2.05) is 9.80 Å². The van der Waals surface area contributed by atoms with Crippen molar-refractivity contribution < 1.29 is 22.8 Å². The number of rotatable bonds is 6. The standard InChI is InChI=1S/C22H31F3N4O2/c1-2-17-7-5-6-10-29(17)16-21(31)28-13-11-27(12-14-28)15-20(30)26-19-9-4-3-8-18(19)22(23,24)25/h3-4,8-9,17H,2,5-7,10-16H2,1H3,(H,26,30). The van der Waals surface area contributed by atoms with Gasteiger partial charge < -0.3 is 10.2 Å². The second-order valence-electron chi connectivity index (χ2n) is 8.28. The Hall–Kier alpha value is -2.13. The Morgan fingerprint density at radius 3 is 2.42 bits per heavy atom. The molecule has 1 aromatic carbocycles. The number of nitrogens with one attached hydrogen (secondary N) is 1. The Balaban J connectivity index is 1.46. The number of piperazine rings is 1. The van der Waals surface area contributed by atoms with E-state index in [1.54, 1.807) is 0 Å². The third kappa shape index (κ3) is 6.43. The van der Waals surface area contributed by atoms with Gasteiger partial charge in [-0.3, -0.25) is 19.4 Å². The minimum absolute atomic E-state index is 0.00173. The number of alkyl halides is 3. The van der Waals surface area contributed by atoms with E-state index in [2.05, 4.69) is 17.1 Å². The Kier molecular flexibility index (Phi) is 7.94. The van der Waals surface area contributed by atoms with Crippen LogP contribution in [0.15, 0.2) is 24.3 Å². The quantitative estimate of drug-likeness (QED) is 0.739. The summed E-state index contributed by atoms with van der Waals surface area (Å²) >= 11 is 0. The van der Waals surface area contributed by atoms with Crippen molar-refractivity contribution >= 4 is 17.5 Å². The summed E-state index contributed by atoms with van der Waals surface area (Å²) in [5.41, 5.74) is -1.09. The fourth-order valence-electron chi connectivity index (χ4n) is 4.39. The van der Waals surface area contributed by atoms with Gasteiger partial charge >= 0.3 is 6.18 Å². The van der Waals surface area contributed by atoms with Crippen LogP contribution < -0.4 is 5.32 Å². The summed E-state index contributed by atoms with van der Waals surface area (Å²) < 4.78 is 39.3. The summed E-state index contributed by atoms with van der Waals surface area (Å²) in [6.45, 7) is 5.65. The van der Waals surface area contributed by atoms with E-state index in [4.69, 9.17) is 0 Å². The molecule has 2 fully saturated rings. The van der Waals surface area contributed by atoms with Crippen molar-refractivity contribution in [2.24, 2.45) is 0 Å². The van der Waals surface area contributed by atoms with Gasteiger partial charge in [-0.2, -0.15) is 13.2 Å². The molecule has 1 aromatic rings. The van der Waals surface area contributed by atoms with Crippen molar-refractivity contribution in [2.45, 2.75) is 44.8 Å². The highest BCUT2D eigenvalue weighted by Crippen LogP contribution is 2.34. The molecule has 1 unspecified atom stereocenters. The summed E-state index contributed by atoms with van der Waals surface area (Å²) in [7, 11) is 0.